The van der Waals surface area contributed by atoms with Crippen molar-refractivity contribution in [3.8, 4) is 5.75 Å². The van der Waals surface area contributed by atoms with Crippen LogP contribution in [0.15, 0.2) is 36.4 Å². The summed E-state index contributed by atoms with van der Waals surface area (Å²) in [6.07, 6.45) is 2.39. The van der Waals surface area contributed by atoms with Crippen LogP contribution in [-0.2, 0) is 16.0 Å². The second-order valence-electron chi connectivity index (χ2n) is 10.7. The molecule has 36 heavy (non-hydrogen) atoms. The van der Waals surface area contributed by atoms with Crippen LogP contribution >= 0.6 is 0 Å². The summed E-state index contributed by atoms with van der Waals surface area (Å²) in [5, 5.41) is 10.3. The van der Waals surface area contributed by atoms with Crippen molar-refractivity contribution >= 4 is 11.9 Å². The summed E-state index contributed by atoms with van der Waals surface area (Å²) in [6, 6.07) is 12.2. The van der Waals surface area contributed by atoms with E-state index >= 15 is 0 Å². The van der Waals surface area contributed by atoms with Crippen molar-refractivity contribution in [3.05, 3.63) is 64.2 Å². The fourth-order valence-electron chi connectivity index (χ4n) is 4.11. The van der Waals surface area contributed by atoms with E-state index in [0.717, 1.165) is 36.1 Å². The Labute approximate surface area is 216 Å². The molecule has 2 atom stereocenters. The third-order valence-corrected chi connectivity index (χ3v) is 6.80. The van der Waals surface area contributed by atoms with Gasteiger partial charge < -0.3 is 19.5 Å². The number of aliphatic hydroxyl groups is 1. The van der Waals surface area contributed by atoms with Gasteiger partial charge in [-0.25, -0.2) is 0 Å². The molecule has 2 rings (SSSR count). The SMILES string of the molecule is CCC(CCc1ccc(C(=O)N(C)CC(=O)OC)c(C)c1)c1ccc(OCC(O)C(C)(C)C)c(C)c1. The van der Waals surface area contributed by atoms with Crippen molar-refractivity contribution in [2.24, 2.45) is 5.41 Å². The van der Waals surface area contributed by atoms with Gasteiger partial charge >= 0.3 is 5.97 Å². The molecule has 198 valence electrons. The first kappa shape index (κ1) is 29.4. The van der Waals surface area contributed by atoms with Crippen LogP contribution in [0.3, 0.4) is 0 Å². The number of carbonyl (C=O) groups excluding carboxylic acids is 2. The molecule has 0 aliphatic heterocycles. The van der Waals surface area contributed by atoms with Gasteiger partial charge in [0.25, 0.3) is 5.91 Å². The normalized spacial score (nSPS) is 13.1. The van der Waals surface area contributed by atoms with E-state index in [1.165, 1.54) is 23.1 Å². The highest BCUT2D eigenvalue weighted by molar-refractivity contribution is 5.97. The first-order valence-corrected chi connectivity index (χ1v) is 12.7. The van der Waals surface area contributed by atoms with Crippen molar-refractivity contribution in [1.29, 1.82) is 0 Å². The number of carbonyl (C=O) groups is 2. The maximum atomic E-state index is 12.7. The van der Waals surface area contributed by atoms with Crippen LogP contribution < -0.4 is 4.74 Å². The second kappa shape index (κ2) is 12.9. The summed E-state index contributed by atoms with van der Waals surface area (Å²) >= 11 is 0. The summed E-state index contributed by atoms with van der Waals surface area (Å²) in [4.78, 5) is 25.6. The zero-order valence-corrected chi connectivity index (χ0v) is 23.2. The zero-order valence-electron chi connectivity index (χ0n) is 23.2. The number of benzene rings is 2. The minimum Gasteiger partial charge on any atom is -0.491 e. The van der Waals surface area contributed by atoms with Crippen LogP contribution in [0.2, 0.25) is 0 Å². The third kappa shape index (κ3) is 8.09. The predicted molar refractivity (Wildman–Crippen MR) is 144 cm³/mol. The molecule has 1 amide bonds. The van der Waals surface area contributed by atoms with Gasteiger partial charge in [0, 0.05) is 12.6 Å². The Morgan fingerprint density at radius 2 is 1.75 bits per heavy atom. The number of esters is 1. The van der Waals surface area contributed by atoms with Gasteiger partial charge in [0.1, 0.15) is 18.9 Å². The van der Waals surface area contributed by atoms with E-state index in [1.54, 1.807) is 7.05 Å². The van der Waals surface area contributed by atoms with E-state index in [0.29, 0.717) is 11.5 Å². The Kier molecular flexibility index (Phi) is 10.5. The molecule has 6 heteroatoms. The molecule has 2 unspecified atom stereocenters. The van der Waals surface area contributed by atoms with Crippen LogP contribution in [-0.4, -0.2) is 55.3 Å². The lowest BCUT2D eigenvalue weighted by molar-refractivity contribution is -0.141. The molecule has 1 N–H and O–H groups in total. The van der Waals surface area contributed by atoms with Crippen molar-refractivity contribution in [2.45, 2.75) is 72.8 Å². The molecule has 0 saturated carbocycles. The van der Waals surface area contributed by atoms with Gasteiger partial charge in [0.2, 0.25) is 0 Å². The van der Waals surface area contributed by atoms with Crippen LogP contribution in [0, 0.1) is 19.3 Å². The topological polar surface area (TPSA) is 76.1 Å². The van der Waals surface area contributed by atoms with E-state index in [2.05, 4.69) is 29.9 Å². The molecule has 6 nitrogen and oxygen atoms in total. The Balaban J connectivity index is 2.03. The number of ether oxygens (including phenoxy) is 2. The quantitative estimate of drug-likeness (QED) is 0.417. The monoisotopic (exact) mass is 497 g/mol. The summed E-state index contributed by atoms with van der Waals surface area (Å²) in [5.41, 5.74) is 4.82. The molecule has 0 aliphatic carbocycles. The standard InChI is InChI=1S/C30H43NO5/c1-9-23(24-13-15-26(21(3)17-24)36-19-27(32)30(4,5)6)12-10-22-11-14-25(20(2)16-22)29(34)31(7)18-28(33)35-8/h11,13-17,23,27,32H,9-10,12,18-19H2,1-8H3. The maximum Gasteiger partial charge on any atom is 0.325 e. The minimum absolute atomic E-state index is 0.0743. The van der Waals surface area contributed by atoms with Gasteiger partial charge in [-0.1, -0.05) is 52.0 Å². The number of nitrogens with zero attached hydrogens (tertiary/aromatic N) is 1. The fourth-order valence-corrected chi connectivity index (χ4v) is 4.11. The molecule has 0 radical (unpaired) electrons. The van der Waals surface area contributed by atoms with Gasteiger partial charge in [0.15, 0.2) is 0 Å². The predicted octanol–water partition coefficient (Wildman–Crippen LogP) is 5.46. The second-order valence-corrected chi connectivity index (χ2v) is 10.7. The highest BCUT2D eigenvalue weighted by atomic mass is 16.5. The van der Waals surface area contributed by atoms with Crippen molar-refractivity contribution in [3.63, 3.8) is 0 Å². The summed E-state index contributed by atoms with van der Waals surface area (Å²) in [7, 11) is 2.91. The third-order valence-electron chi connectivity index (χ3n) is 6.80. The molecular weight excluding hydrogens is 454 g/mol. The lowest BCUT2D eigenvalue weighted by Crippen LogP contribution is -2.33. The number of amides is 1. The highest BCUT2D eigenvalue weighted by Crippen LogP contribution is 2.30. The number of hydrogen-bond donors (Lipinski definition) is 1. The first-order chi connectivity index (χ1) is 16.9. The van der Waals surface area contributed by atoms with Gasteiger partial charge in [0.05, 0.1) is 13.2 Å². The number of methoxy groups -OCH3 is 1. The molecule has 0 fully saturated rings. The molecule has 0 spiro atoms. The number of aryl methyl sites for hydroxylation is 3. The summed E-state index contributed by atoms with van der Waals surface area (Å²) < 4.78 is 10.6. The Morgan fingerprint density at radius 1 is 1.06 bits per heavy atom. The van der Waals surface area contributed by atoms with Crippen LogP contribution in [0.4, 0.5) is 0 Å². The van der Waals surface area contributed by atoms with Crippen LogP contribution in [0.1, 0.15) is 79.1 Å². The van der Waals surface area contributed by atoms with E-state index in [9.17, 15) is 14.7 Å². The molecule has 0 aliphatic rings. The number of aliphatic hydroxyl groups excluding tert-OH is 1. The largest absolute Gasteiger partial charge is 0.491 e. The lowest BCUT2D eigenvalue weighted by Gasteiger charge is -2.26. The van der Waals surface area contributed by atoms with E-state index in [-0.39, 0.29) is 24.5 Å². The minimum atomic E-state index is -0.529. The van der Waals surface area contributed by atoms with Crippen LogP contribution in [0.5, 0.6) is 5.75 Å². The Morgan fingerprint density at radius 3 is 2.31 bits per heavy atom. The van der Waals surface area contributed by atoms with Gasteiger partial charge in [-0.3, -0.25) is 9.59 Å². The maximum absolute atomic E-state index is 12.7. The van der Waals surface area contributed by atoms with Crippen molar-refractivity contribution < 1.29 is 24.2 Å². The molecule has 0 heterocycles. The number of hydrogen-bond acceptors (Lipinski definition) is 5. The van der Waals surface area contributed by atoms with Gasteiger partial charge in [-0.15, -0.1) is 0 Å². The number of likely N-dealkylation sites (N-methyl/N-ethyl adjacent to an activating group) is 1. The highest BCUT2D eigenvalue weighted by Gasteiger charge is 2.23. The Bertz CT molecular complexity index is 1040. The van der Waals surface area contributed by atoms with E-state index in [1.807, 2.05) is 52.8 Å². The molecule has 0 aromatic heterocycles. The molecule has 0 bridgehead atoms. The Hall–Kier alpha value is -2.86. The average molecular weight is 498 g/mol. The first-order valence-electron chi connectivity index (χ1n) is 12.7. The summed E-state index contributed by atoms with van der Waals surface area (Å²) in [6.45, 7) is 12.4. The van der Waals surface area contributed by atoms with Crippen molar-refractivity contribution in [1.82, 2.24) is 4.90 Å². The lowest BCUT2D eigenvalue weighted by atomic mass is 9.88. The zero-order chi connectivity index (χ0) is 27.0. The molecule has 0 saturated heterocycles. The van der Waals surface area contributed by atoms with Gasteiger partial charge in [-0.2, -0.15) is 0 Å². The smallest absolute Gasteiger partial charge is 0.325 e. The molecule has 2 aromatic carbocycles. The summed E-state index contributed by atoms with van der Waals surface area (Å²) in [5.74, 6) is 0.586. The van der Waals surface area contributed by atoms with Gasteiger partial charge in [-0.05, 0) is 78.8 Å². The molecule has 2 aromatic rings. The van der Waals surface area contributed by atoms with Crippen LogP contribution in [0.25, 0.3) is 0 Å². The number of rotatable bonds is 11. The van der Waals surface area contributed by atoms with Crippen molar-refractivity contribution in [2.75, 3.05) is 27.3 Å². The molecular formula is C30H43NO5. The van der Waals surface area contributed by atoms with E-state index in [4.69, 9.17) is 4.74 Å². The fraction of sp³-hybridized carbons (Fsp3) is 0.533. The average Bonchev–Trinajstić information content (AvgIpc) is 2.82. The van der Waals surface area contributed by atoms with E-state index < -0.39 is 12.1 Å².